The molecule has 1 amide bonds. The second-order valence-electron chi connectivity index (χ2n) is 7.12. The van der Waals surface area contributed by atoms with E-state index in [0.717, 1.165) is 0 Å². The van der Waals surface area contributed by atoms with Crippen molar-refractivity contribution in [1.82, 2.24) is 19.9 Å². The Hall–Kier alpha value is -4.38. The fraction of sp³-hybridized carbons (Fsp3) is 0.125. The van der Waals surface area contributed by atoms with Gasteiger partial charge in [0.15, 0.2) is 11.6 Å². The lowest BCUT2D eigenvalue weighted by molar-refractivity contribution is 0.0941. The normalized spacial score (nSPS) is 11.5. The number of nitrogens with zero attached hydrogens (tertiary/aromatic N) is 3. The first kappa shape index (κ1) is 20.9. The van der Waals surface area contributed by atoms with Crippen molar-refractivity contribution in [3.63, 3.8) is 0 Å². The molecule has 0 aliphatic heterocycles. The maximum absolute atomic E-state index is 13.5. The highest BCUT2D eigenvalue weighted by Crippen LogP contribution is 2.19. The van der Waals surface area contributed by atoms with Crippen LogP contribution in [0.5, 0.6) is 5.75 Å². The van der Waals surface area contributed by atoms with Crippen molar-refractivity contribution in [3.05, 3.63) is 89.1 Å². The highest BCUT2D eigenvalue weighted by molar-refractivity contribution is 6.01. The van der Waals surface area contributed by atoms with Crippen molar-refractivity contribution >= 4 is 17.2 Å². The smallest absolute Gasteiger partial charge is 0.255 e. The minimum absolute atomic E-state index is 0.293. The number of anilines is 1. The zero-order valence-corrected chi connectivity index (χ0v) is 17.5. The molecule has 3 aromatic heterocycles. The lowest BCUT2D eigenvalue weighted by Crippen LogP contribution is -2.26. The SMILES string of the molecule is COc1cc(C#Cc2ccn3ncc(C(=O)N[C@@H](C)c4cccc(F)c4)c3c2)cnc1N. The van der Waals surface area contributed by atoms with Crippen LogP contribution in [0.3, 0.4) is 0 Å². The van der Waals surface area contributed by atoms with E-state index >= 15 is 0 Å². The third-order valence-corrected chi connectivity index (χ3v) is 4.92. The molecule has 0 spiro atoms. The van der Waals surface area contributed by atoms with E-state index in [2.05, 4.69) is 27.2 Å². The summed E-state index contributed by atoms with van der Waals surface area (Å²) in [4.78, 5) is 16.9. The minimum atomic E-state index is -0.371. The lowest BCUT2D eigenvalue weighted by Gasteiger charge is -2.14. The Morgan fingerprint density at radius 3 is 2.78 bits per heavy atom. The van der Waals surface area contributed by atoms with Crippen molar-refractivity contribution in [2.24, 2.45) is 0 Å². The van der Waals surface area contributed by atoms with Crippen LogP contribution >= 0.6 is 0 Å². The van der Waals surface area contributed by atoms with E-state index in [4.69, 9.17) is 10.5 Å². The van der Waals surface area contributed by atoms with Gasteiger partial charge in [0.05, 0.1) is 30.4 Å². The number of methoxy groups -OCH3 is 1. The number of ether oxygens (including phenoxy) is 1. The van der Waals surface area contributed by atoms with Gasteiger partial charge in [-0.05, 0) is 36.8 Å². The van der Waals surface area contributed by atoms with Gasteiger partial charge in [0.25, 0.3) is 5.91 Å². The largest absolute Gasteiger partial charge is 0.493 e. The molecule has 4 aromatic rings. The molecule has 1 atom stereocenters. The second kappa shape index (κ2) is 8.78. The average Bonchev–Trinajstić information content (AvgIpc) is 3.22. The first-order chi connectivity index (χ1) is 15.4. The van der Waals surface area contributed by atoms with Crippen LogP contribution in [0.2, 0.25) is 0 Å². The van der Waals surface area contributed by atoms with Crippen molar-refractivity contribution in [1.29, 1.82) is 0 Å². The van der Waals surface area contributed by atoms with Crippen LogP contribution in [-0.2, 0) is 0 Å². The number of fused-ring (bicyclic) bond motifs is 1. The van der Waals surface area contributed by atoms with Gasteiger partial charge < -0.3 is 15.8 Å². The molecule has 0 saturated heterocycles. The number of nitrogens with two attached hydrogens (primary N) is 1. The number of nitrogen functional groups attached to an aromatic ring is 1. The van der Waals surface area contributed by atoms with Gasteiger partial charge in [0.2, 0.25) is 0 Å². The van der Waals surface area contributed by atoms with Crippen molar-refractivity contribution < 1.29 is 13.9 Å². The van der Waals surface area contributed by atoms with Gasteiger partial charge in [-0.3, -0.25) is 4.79 Å². The van der Waals surface area contributed by atoms with E-state index < -0.39 is 0 Å². The number of pyridine rings is 2. The third kappa shape index (κ3) is 4.37. The molecule has 0 fully saturated rings. The number of benzene rings is 1. The molecule has 0 bridgehead atoms. The minimum Gasteiger partial charge on any atom is -0.493 e. The summed E-state index contributed by atoms with van der Waals surface area (Å²) in [6, 6.07) is 11.1. The lowest BCUT2D eigenvalue weighted by atomic mass is 10.1. The summed E-state index contributed by atoms with van der Waals surface area (Å²) in [7, 11) is 1.51. The molecule has 0 saturated carbocycles. The summed E-state index contributed by atoms with van der Waals surface area (Å²) >= 11 is 0. The summed E-state index contributed by atoms with van der Waals surface area (Å²) in [5.74, 6) is 6.15. The third-order valence-electron chi connectivity index (χ3n) is 4.92. The molecule has 160 valence electrons. The Labute approximate surface area is 184 Å². The van der Waals surface area contributed by atoms with Gasteiger partial charge in [-0.25, -0.2) is 13.9 Å². The van der Waals surface area contributed by atoms with Crippen LogP contribution in [0, 0.1) is 17.7 Å². The molecule has 32 heavy (non-hydrogen) atoms. The number of rotatable bonds is 4. The molecule has 8 heteroatoms. The maximum atomic E-state index is 13.5. The molecule has 4 rings (SSSR count). The van der Waals surface area contributed by atoms with Crippen molar-refractivity contribution in [2.75, 3.05) is 12.8 Å². The number of halogens is 1. The zero-order valence-electron chi connectivity index (χ0n) is 17.5. The Balaban J connectivity index is 1.59. The molecule has 3 heterocycles. The van der Waals surface area contributed by atoms with Gasteiger partial charge in [-0.2, -0.15) is 5.10 Å². The quantitative estimate of drug-likeness (QED) is 0.485. The molecule has 1 aromatic carbocycles. The number of carbonyl (C=O) groups is 1. The highest BCUT2D eigenvalue weighted by Gasteiger charge is 2.16. The van der Waals surface area contributed by atoms with E-state index in [0.29, 0.717) is 39.3 Å². The average molecular weight is 429 g/mol. The molecule has 0 aliphatic rings. The van der Waals surface area contributed by atoms with Crippen molar-refractivity contribution in [2.45, 2.75) is 13.0 Å². The summed E-state index contributed by atoms with van der Waals surface area (Å²) < 4.78 is 20.3. The predicted molar refractivity (Wildman–Crippen MR) is 119 cm³/mol. The number of hydrogen-bond donors (Lipinski definition) is 2. The first-order valence-corrected chi connectivity index (χ1v) is 9.80. The van der Waals surface area contributed by atoms with Crippen LogP contribution < -0.4 is 15.8 Å². The van der Waals surface area contributed by atoms with E-state index in [-0.39, 0.29) is 17.8 Å². The maximum Gasteiger partial charge on any atom is 0.255 e. The number of carbonyl (C=O) groups excluding carboxylic acids is 1. The fourth-order valence-electron chi connectivity index (χ4n) is 3.20. The first-order valence-electron chi connectivity index (χ1n) is 9.80. The zero-order chi connectivity index (χ0) is 22.7. The van der Waals surface area contributed by atoms with Gasteiger partial charge in [0, 0.05) is 29.6 Å². The van der Waals surface area contributed by atoms with Crippen LogP contribution in [0.15, 0.2) is 61.1 Å². The summed E-state index contributed by atoms with van der Waals surface area (Å²) in [6.45, 7) is 1.80. The highest BCUT2D eigenvalue weighted by atomic mass is 19.1. The van der Waals surface area contributed by atoms with E-state index in [1.54, 1.807) is 54.2 Å². The molecule has 3 N–H and O–H groups in total. The standard InChI is InChI=1S/C24H20FN5O2/c1-15(18-4-3-5-19(25)12-18)29-24(31)20-14-28-30-9-8-16(10-21(20)30)6-7-17-11-22(32-2)23(26)27-13-17/h3-5,8-15H,1-2H3,(H2,26,27)(H,29,31)/t15-/m0/s1. The second-order valence-corrected chi connectivity index (χ2v) is 7.12. The van der Waals surface area contributed by atoms with Gasteiger partial charge in [-0.15, -0.1) is 0 Å². The molecular formula is C24H20FN5O2. The topological polar surface area (TPSA) is 94.5 Å². The number of hydrogen-bond acceptors (Lipinski definition) is 5. The van der Waals surface area contributed by atoms with Gasteiger partial charge in [-0.1, -0.05) is 24.0 Å². The van der Waals surface area contributed by atoms with Crippen LogP contribution in [-0.4, -0.2) is 27.6 Å². The Morgan fingerprint density at radius 1 is 1.19 bits per heavy atom. The van der Waals surface area contributed by atoms with Crippen LogP contribution in [0.4, 0.5) is 10.2 Å². The summed E-state index contributed by atoms with van der Waals surface area (Å²) in [5, 5.41) is 7.12. The monoisotopic (exact) mass is 429 g/mol. The number of nitrogens with one attached hydrogen (secondary N) is 1. The number of amides is 1. The van der Waals surface area contributed by atoms with E-state index in [1.807, 2.05) is 0 Å². The van der Waals surface area contributed by atoms with Crippen LogP contribution in [0.25, 0.3) is 5.52 Å². The van der Waals surface area contributed by atoms with Crippen LogP contribution in [0.1, 0.15) is 40.0 Å². The predicted octanol–water partition coefficient (Wildman–Crippen LogP) is 3.35. The fourth-order valence-corrected chi connectivity index (χ4v) is 3.20. The summed E-state index contributed by atoms with van der Waals surface area (Å²) in [5.41, 5.74) is 8.75. The Bertz CT molecular complexity index is 1370. The molecule has 7 nitrogen and oxygen atoms in total. The van der Waals surface area contributed by atoms with E-state index in [1.165, 1.54) is 25.4 Å². The van der Waals surface area contributed by atoms with E-state index in [9.17, 15) is 9.18 Å². The van der Waals surface area contributed by atoms with Gasteiger partial charge >= 0.3 is 0 Å². The van der Waals surface area contributed by atoms with Gasteiger partial charge in [0.1, 0.15) is 5.82 Å². The molecule has 0 unspecified atom stereocenters. The molecular weight excluding hydrogens is 409 g/mol. The number of aromatic nitrogens is 3. The Kier molecular flexibility index (Phi) is 5.73. The Morgan fingerprint density at radius 2 is 2.00 bits per heavy atom. The summed E-state index contributed by atoms with van der Waals surface area (Å²) in [6.07, 6.45) is 4.79. The molecule has 0 radical (unpaired) electrons. The molecule has 0 aliphatic carbocycles. The van der Waals surface area contributed by atoms with Crippen molar-refractivity contribution in [3.8, 4) is 17.6 Å².